The number of carbonyl (C=O) groups is 2. The molecule has 0 aliphatic carbocycles. The zero-order valence-corrected chi connectivity index (χ0v) is 16.5. The topological polar surface area (TPSA) is 105 Å². The van der Waals surface area contributed by atoms with Crippen LogP contribution in [0.25, 0.3) is 0 Å². The average Bonchev–Trinajstić information content (AvgIpc) is 2.72. The molecule has 1 aliphatic rings. The van der Waals surface area contributed by atoms with Crippen molar-refractivity contribution in [3.63, 3.8) is 0 Å². The van der Waals surface area contributed by atoms with Gasteiger partial charge in [0.2, 0.25) is 5.91 Å². The van der Waals surface area contributed by atoms with Gasteiger partial charge in [-0.05, 0) is 44.4 Å². The fourth-order valence-corrected chi connectivity index (χ4v) is 3.62. The first kappa shape index (κ1) is 20.3. The van der Waals surface area contributed by atoms with Gasteiger partial charge in [-0.1, -0.05) is 29.8 Å². The van der Waals surface area contributed by atoms with E-state index in [0.717, 1.165) is 11.1 Å². The van der Waals surface area contributed by atoms with Gasteiger partial charge in [-0.3, -0.25) is 30.6 Å². The second-order valence-corrected chi connectivity index (χ2v) is 7.27. The predicted molar refractivity (Wildman–Crippen MR) is 110 cm³/mol. The van der Waals surface area contributed by atoms with Crippen LogP contribution >= 0.6 is 0 Å². The maximum atomic E-state index is 12.4. The number of anilines is 1. The monoisotopic (exact) mass is 396 g/mol. The van der Waals surface area contributed by atoms with E-state index in [4.69, 9.17) is 0 Å². The minimum Gasteiger partial charge on any atom is -0.366 e. The van der Waals surface area contributed by atoms with E-state index in [1.54, 1.807) is 24.3 Å². The highest BCUT2D eigenvalue weighted by atomic mass is 16.6. The molecular formula is C21H24N4O4. The Bertz CT molecular complexity index is 936. The lowest BCUT2D eigenvalue weighted by Crippen LogP contribution is -2.47. The van der Waals surface area contributed by atoms with Gasteiger partial charge in [0.25, 0.3) is 11.6 Å². The van der Waals surface area contributed by atoms with Crippen molar-refractivity contribution in [3.05, 3.63) is 69.3 Å². The fraction of sp³-hybridized carbons (Fsp3) is 0.333. The van der Waals surface area contributed by atoms with Crippen LogP contribution in [0, 0.1) is 29.9 Å². The minimum atomic E-state index is -0.392. The molecule has 0 bridgehead atoms. The number of benzene rings is 2. The summed E-state index contributed by atoms with van der Waals surface area (Å²) < 4.78 is 0. The summed E-state index contributed by atoms with van der Waals surface area (Å²) in [6.07, 6.45) is 1.11. The van der Waals surface area contributed by atoms with Crippen molar-refractivity contribution in [1.29, 1.82) is 0 Å². The molecule has 0 atom stereocenters. The number of nitro benzene ring substituents is 1. The zero-order valence-electron chi connectivity index (χ0n) is 16.5. The lowest BCUT2D eigenvalue weighted by molar-refractivity contribution is -0.384. The number of nitrogens with zero attached hydrogens (tertiary/aromatic N) is 2. The summed E-state index contributed by atoms with van der Waals surface area (Å²) >= 11 is 0. The van der Waals surface area contributed by atoms with E-state index in [9.17, 15) is 19.7 Å². The molecule has 1 heterocycles. The summed E-state index contributed by atoms with van der Waals surface area (Å²) in [4.78, 5) is 37.5. The van der Waals surface area contributed by atoms with Crippen molar-refractivity contribution in [1.82, 2.24) is 10.9 Å². The van der Waals surface area contributed by atoms with Crippen molar-refractivity contribution < 1.29 is 14.5 Å². The number of piperidine rings is 1. The highest BCUT2D eigenvalue weighted by molar-refractivity contribution is 5.96. The van der Waals surface area contributed by atoms with Crippen molar-refractivity contribution in [2.75, 3.05) is 18.0 Å². The molecule has 0 aromatic heterocycles. The quantitative estimate of drug-likeness (QED) is 0.611. The first-order valence-electron chi connectivity index (χ1n) is 9.52. The number of para-hydroxylation sites is 2. The molecule has 2 amide bonds. The number of nitrogens with one attached hydrogen (secondary N) is 2. The molecular weight excluding hydrogens is 372 g/mol. The number of carbonyl (C=O) groups excluding carboxylic acids is 2. The molecule has 2 aromatic rings. The number of nitro groups is 1. The Morgan fingerprint density at radius 2 is 1.76 bits per heavy atom. The number of hydrazine groups is 1. The first-order chi connectivity index (χ1) is 13.9. The van der Waals surface area contributed by atoms with E-state index < -0.39 is 4.92 Å². The highest BCUT2D eigenvalue weighted by Crippen LogP contribution is 2.31. The van der Waals surface area contributed by atoms with Gasteiger partial charge in [-0.15, -0.1) is 0 Å². The van der Waals surface area contributed by atoms with Gasteiger partial charge in [0.05, 0.1) is 4.92 Å². The van der Waals surface area contributed by atoms with Gasteiger partial charge in [0.1, 0.15) is 5.69 Å². The van der Waals surface area contributed by atoms with Crippen molar-refractivity contribution in [2.45, 2.75) is 26.7 Å². The molecule has 0 spiro atoms. The van der Waals surface area contributed by atoms with Crippen molar-refractivity contribution in [3.8, 4) is 0 Å². The Hall–Kier alpha value is -3.42. The van der Waals surface area contributed by atoms with Gasteiger partial charge in [0, 0.05) is 30.6 Å². The summed E-state index contributed by atoms with van der Waals surface area (Å²) in [5.74, 6) is -0.855. The SMILES string of the molecule is Cc1ccc(C(=O)NNC(=O)C2CCN(c3ccccc3[N+](=O)[O-])CC2)c(C)c1. The van der Waals surface area contributed by atoms with Gasteiger partial charge in [-0.25, -0.2) is 0 Å². The summed E-state index contributed by atoms with van der Waals surface area (Å²) in [6.45, 7) is 4.87. The van der Waals surface area contributed by atoms with Gasteiger partial charge in [0.15, 0.2) is 0 Å². The van der Waals surface area contributed by atoms with Crippen molar-refractivity contribution in [2.24, 2.45) is 5.92 Å². The number of amides is 2. The van der Waals surface area contributed by atoms with Crippen LogP contribution in [-0.2, 0) is 4.79 Å². The van der Waals surface area contributed by atoms with E-state index in [1.165, 1.54) is 6.07 Å². The maximum Gasteiger partial charge on any atom is 0.292 e. The van der Waals surface area contributed by atoms with Crippen LogP contribution < -0.4 is 15.8 Å². The van der Waals surface area contributed by atoms with E-state index in [0.29, 0.717) is 37.2 Å². The summed E-state index contributed by atoms with van der Waals surface area (Å²) in [6, 6.07) is 12.1. The molecule has 0 radical (unpaired) electrons. The van der Waals surface area contributed by atoms with E-state index in [-0.39, 0.29) is 23.4 Å². The molecule has 1 saturated heterocycles. The lowest BCUT2D eigenvalue weighted by atomic mass is 9.95. The molecule has 8 nitrogen and oxygen atoms in total. The molecule has 2 aromatic carbocycles. The third kappa shape index (κ3) is 4.71. The lowest BCUT2D eigenvalue weighted by Gasteiger charge is -2.32. The van der Waals surface area contributed by atoms with Crippen LogP contribution in [0.4, 0.5) is 11.4 Å². The number of hydrogen-bond donors (Lipinski definition) is 2. The van der Waals surface area contributed by atoms with Crippen LogP contribution in [0.2, 0.25) is 0 Å². The van der Waals surface area contributed by atoms with E-state index >= 15 is 0 Å². The molecule has 8 heteroatoms. The summed E-state index contributed by atoms with van der Waals surface area (Å²) in [7, 11) is 0. The van der Waals surface area contributed by atoms with Gasteiger partial charge in [-0.2, -0.15) is 0 Å². The van der Waals surface area contributed by atoms with Crippen LogP contribution in [0.1, 0.15) is 34.3 Å². The Kier molecular flexibility index (Phi) is 6.11. The predicted octanol–water partition coefficient (Wildman–Crippen LogP) is 2.89. The smallest absolute Gasteiger partial charge is 0.292 e. The van der Waals surface area contributed by atoms with Crippen LogP contribution in [-0.4, -0.2) is 29.8 Å². The molecule has 152 valence electrons. The fourth-order valence-electron chi connectivity index (χ4n) is 3.62. The Morgan fingerprint density at radius 3 is 2.41 bits per heavy atom. The normalized spacial score (nSPS) is 14.3. The molecule has 2 N–H and O–H groups in total. The standard InChI is InChI=1S/C21H24N4O4/c1-14-7-8-17(15(2)13-14)21(27)23-22-20(26)16-9-11-24(12-10-16)18-5-3-4-6-19(18)25(28)29/h3-8,13,16H,9-12H2,1-2H3,(H,22,26)(H,23,27). The van der Waals surface area contributed by atoms with Gasteiger partial charge >= 0.3 is 0 Å². The Balaban J connectivity index is 1.54. The van der Waals surface area contributed by atoms with E-state index in [2.05, 4.69) is 10.9 Å². The van der Waals surface area contributed by atoms with E-state index in [1.807, 2.05) is 30.9 Å². The number of rotatable bonds is 4. The molecule has 1 fully saturated rings. The number of aryl methyl sites for hydroxylation is 2. The third-order valence-electron chi connectivity index (χ3n) is 5.21. The third-order valence-corrected chi connectivity index (χ3v) is 5.21. The van der Waals surface area contributed by atoms with Gasteiger partial charge < -0.3 is 4.90 Å². The molecule has 0 saturated carbocycles. The first-order valence-corrected chi connectivity index (χ1v) is 9.52. The van der Waals surface area contributed by atoms with Crippen LogP contribution in [0.15, 0.2) is 42.5 Å². The molecule has 0 unspecified atom stereocenters. The highest BCUT2D eigenvalue weighted by Gasteiger charge is 2.28. The minimum absolute atomic E-state index is 0.0659. The van der Waals surface area contributed by atoms with Crippen LogP contribution in [0.3, 0.4) is 0 Å². The maximum absolute atomic E-state index is 12.4. The molecule has 1 aliphatic heterocycles. The largest absolute Gasteiger partial charge is 0.366 e. The van der Waals surface area contributed by atoms with Crippen molar-refractivity contribution >= 4 is 23.2 Å². The second-order valence-electron chi connectivity index (χ2n) is 7.27. The zero-order chi connectivity index (χ0) is 21.0. The molecule has 29 heavy (non-hydrogen) atoms. The Labute approximate surface area is 169 Å². The molecule has 3 rings (SSSR count). The summed E-state index contributed by atoms with van der Waals surface area (Å²) in [5, 5.41) is 11.2. The average molecular weight is 396 g/mol. The van der Waals surface area contributed by atoms with Crippen LogP contribution in [0.5, 0.6) is 0 Å². The summed E-state index contributed by atoms with van der Waals surface area (Å²) in [5.41, 5.74) is 8.05. The number of hydrogen-bond acceptors (Lipinski definition) is 5. The second kappa shape index (κ2) is 8.72. The Morgan fingerprint density at radius 1 is 1.07 bits per heavy atom.